The van der Waals surface area contributed by atoms with E-state index in [0.29, 0.717) is 5.56 Å². The molecule has 0 radical (unpaired) electrons. The van der Waals surface area contributed by atoms with E-state index >= 15 is 0 Å². The van der Waals surface area contributed by atoms with Crippen LogP contribution < -0.4 is 0 Å². The van der Waals surface area contributed by atoms with Crippen molar-refractivity contribution in [1.82, 2.24) is 0 Å². The summed E-state index contributed by atoms with van der Waals surface area (Å²) < 4.78 is 22.6. The van der Waals surface area contributed by atoms with Gasteiger partial charge >= 0.3 is 0 Å². The smallest absolute Gasteiger partial charge is 0.179 e. The van der Waals surface area contributed by atoms with E-state index < -0.39 is 15.6 Å². The van der Waals surface area contributed by atoms with Crippen molar-refractivity contribution in [3.63, 3.8) is 0 Å². The van der Waals surface area contributed by atoms with Crippen LogP contribution in [0.15, 0.2) is 35.2 Å². The molecule has 0 N–H and O–H groups in total. The molecule has 1 aromatic carbocycles. The standard InChI is InChI=1S/C11H12O3S/c1-9(12)11(15(2,13)14)8-10-6-4-3-5-7-10/h3-8H,1-2H3/b11-8-. The van der Waals surface area contributed by atoms with Gasteiger partial charge in [0.25, 0.3) is 0 Å². The van der Waals surface area contributed by atoms with Gasteiger partial charge in [-0.3, -0.25) is 4.79 Å². The lowest BCUT2D eigenvalue weighted by Gasteiger charge is -2.00. The quantitative estimate of drug-likeness (QED) is 0.734. The van der Waals surface area contributed by atoms with Crippen molar-refractivity contribution in [1.29, 1.82) is 0 Å². The van der Waals surface area contributed by atoms with Gasteiger partial charge in [0, 0.05) is 6.26 Å². The first-order valence-electron chi connectivity index (χ1n) is 4.39. The number of ketones is 1. The summed E-state index contributed by atoms with van der Waals surface area (Å²) >= 11 is 0. The summed E-state index contributed by atoms with van der Waals surface area (Å²) in [5.74, 6) is -0.443. The highest BCUT2D eigenvalue weighted by Gasteiger charge is 2.15. The molecule has 0 heterocycles. The molecule has 0 spiro atoms. The van der Waals surface area contributed by atoms with Crippen molar-refractivity contribution < 1.29 is 13.2 Å². The Morgan fingerprint density at radius 1 is 1.20 bits per heavy atom. The summed E-state index contributed by atoms with van der Waals surface area (Å²) in [5.41, 5.74) is 0.702. The third-order valence-corrected chi connectivity index (χ3v) is 3.05. The minimum atomic E-state index is -3.45. The second-order valence-electron chi connectivity index (χ2n) is 3.25. The lowest BCUT2D eigenvalue weighted by atomic mass is 10.2. The molecule has 3 nitrogen and oxygen atoms in total. The largest absolute Gasteiger partial charge is 0.294 e. The minimum absolute atomic E-state index is 0.159. The summed E-state index contributed by atoms with van der Waals surface area (Å²) in [7, 11) is -3.45. The third-order valence-electron chi connectivity index (χ3n) is 1.84. The van der Waals surface area contributed by atoms with Gasteiger partial charge in [0.1, 0.15) is 4.91 Å². The van der Waals surface area contributed by atoms with E-state index in [9.17, 15) is 13.2 Å². The summed E-state index contributed by atoms with van der Waals surface area (Å²) in [6, 6.07) is 8.88. The van der Waals surface area contributed by atoms with E-state index in [1.807, 2.05) is 6.07 Å². The van der Waals surface area contributed by atoms with Crippen LogP contribution in [0.4, 0.5) is 0 Å². The fraction of sp³-hybridized carbons (Fsp3) is 0.182. The van der Waals surface area contributed by atoms with Gasteiger partial charge in [-0.25, -0.2) is 8.42 Å². The molecular formula is C11H12O3S. The van der Waals surface area contributed by atoms with Crippen molar-refractivity contribution in [2.24, 2.45) is 0 Å². The number of Topliss-reactive ketones (excluding diaryl/α,β-unsaturated/α-hetero) is 1. The number of carbonyl (C=O) groups is 1. The van der Waals surface area contributed by atoms with Crippen LogP contribution in [0.1, 0.15) is 12.5 Å². The van der Waals surface area contributed by atoms with Crippen molar-refractivity contribution >= 4 is 21.7 Å². The van der Waals surface area contributed by atoms with Gasteiger partial charge in [-0.2, -0.15) is 0 Å². The maximum absolute atomic E-state index is 11.3. The van der Waals surface area contributed by atoms with E-state index in [0.717, 1.165) is 6.26 Å². The van der Waals surface area contributed by atoms with Gasteiger partial charge in [0.05, 0.1) is 0 Å². The topological polar surface area (TPSA) is 51.2 Å². The Morgan fingerprint density at radius 2 is 1.73 bits per heavy atom. The zero-order valence-corrected chi connectivity index (χ0v) is 9.41. The average molecular weight is 224 g/mol. The van der Waals surface area contributed by atoms with Crippen LogP contribution in [0.2, 0.25) is 0 Å². The summed E-state index contributed by atoms with van der Waals surface area (Å²) in [5, 5.41) is 0. The first kappa shape index (κ1) is 11.7. The second kappa shape index (κ2) is 4.40. The van der Waals surface area contributed by atoms with Crippen molar-refractivity contribution in [3.05, 3.63) is 40.8 Å². The van der Waals surface area contributed by atoms with Crippen LogP contribution in [0.5, 0.6) is 0 Å². The number of hydrogen-bond acceptors (Lipinski definition) is 3. The molecule has 0 unspecified atom stereocenters. The fourth-order valence-corrected chi connectivity index (χ4v) is 2.04. The van der Waals surface area contributed by atoms with Gasteiger partial charge in [-0.15, -0.1) is 0 Å². The predicted molar refractivity (Wildman–Crippen MR) is 59.9 cm³/mol. The van der Waals surface area contributed by atoms with E-state index in [1.165, 1.54) is 13.0 Å². The number of carbonyl (C=O) groups excluding carboxylic acids is 1. The average Bonchev–Trinajstić information content (AvgIpc) is 2.13. The number of allylic oxidation sites excluding steroid dienone is 1. The summed E-state index contributed by atoms with van der Waals surface area (Å²) in [6.45, 7) is 1.25. The van der Waals surface area contributed by atoms with E-state index in [2.05, 4.69) is 0 Å². The van der Waals surface area contributed by atoms with Crippen LogP contribution >= 0.6 is 0 Å². The van der Waals surface area contributed by atoms with Gasteiger partial charge in [-0.1, -0.05) is 30.3 Å². The Morgan fingerprint density at radius 3 is 2.13 bits per heavy atom. The van der Waals surface area contributed by atoms with Crippen molar-refractivity contribution in [2.75, 3.05) is 6.26 Å². The summed E-state index contributed by atoms with van der Waals surface area (Å²) in [4.78, 5) is 11.0. The monoisotopic (exact) mass is 224 g/mol. The van der Waals surface area contributed by atoms with Crippen LogP contribution in [0.3, 0.4) is 0 Å². The van der Waals surface area contributed by atoms with Crippen molar-refractivity contribution in [2.45, 2.75) is 6.92 Å². The molecule has 0 saturated heterocycles. The maximum atomic E-state index is 11.3. The van der Waals surface area contributed by atoms with E-state index in [4.69, 9.17) is 0 Å². The number of hydrogen-bond donors (Lipinski definition) is 0. The molecule has 0 saturated carbocycles. The molecule has 15 heavy (non-hydrogen) atoms. The van der Waals surface area contributed by atoms with Crippen LogP contribution in [0.25, 0.3) is 6.08 Å². The normalized spacial score (nSPS) is 12.5. The molecule has 0 atom stereocenters. The highest BCUT2D eigenvalue weighted by Crippen LogP contribution is 2.12. The van der Waals surface area contributed by atoms with Gasteiger partial charge in [0.2, 0.25) is 0 Å². The molecule has 4 heteroatoms. The number of benzene rings is 1. The highest BCUT2D eigenvalue weighted by atomic mass is 32.2. The van der Waals surface area contributed by atoms with Crippen LogP contribution in [-0.4, -0.2) is 20.5 Å². The van der Waals surface area contributed by atoms with Crippen LogP contribution in [0, 0.1) is 0 Å². The molecule has 0 aliphatic carbocycles. The Kier molecular flexibility index (Phi) is 3.42. The molecule has 0 bridgehead atoms. The zero-order valence-electron chi connectivity index (χ0n) is 8.60. The molecular weight excluding hydrogens is 212 g/mol. The van der Waals surface area contributed by atoms with E-state index in [1.54, 1.807) is 24.3 Å². The van der Waals surface area contributed by atoms with Crippen LogP contribution in [-0.2, 0) is 14.6 Å². The number of sulfone groups is 1. The molecule has 0 aromatic heterocycles. The summed E-state index contributed by atoms with van der Waals surface area (Å²) in [6.07, 6.45) is 2.42. The second-order valence-corrected chi connectivity index (χ2v) is 5.23. The first-order valence-corrected chi connectivity index (χ1v) is 6.28. The van der Waals surface area contributed by atoms with E-state index in [-0.39, 0.29) is 4.91 Å². The zero-order chi connectivity index (χ0) is 11.5. The van der Waals surface area contributed by atoms with Crippen molar-refractivity contribution in [3.8, 4) is 0 Å². The third kappa shape index (κ3) is 3.32. The minimum Gasteiger partial charge on any atom is -0.294 e. The Bertz CT molecular complexity index is 484. The molecule has 0 aliphatic rings. The number of rotatable bonds is 3. The van der Waals surface area contributed by atoms with Gasteiger partial charge < -0.3 is 0 Å². The molecule has 80 valence electrons. The lowest BCUT2D eigenvalue weighted by Crippen LogP contribution is -2.08. The molecule has 1 rings (SSSR count). The Labute approximate surface area is 89.4 Å². The SMILES string of the molecule is CC(=O)/C(=C/c1ccccc1)S(C)(=O)=O. The molecule has 0 amide bonds. The molecule has 0 aliphatic heterocycles. The molecule has 1 aromatic rings. The lowest BCUT2D eigenvalue weighted by molar-refractivity contribution is -0.112. The predicted octanol–water partition coefficient (Wildman–Crippen LogP) is 1.66. The van der Waals surface area contributed by atoms with Gasteiger partial charge in [-0.05, 0) is 18.6 Å². The maximum Gasteiger partial charge on any atom is 0.179 e. The first-order chi connectivity index (χ1) is 6.91. The highest BCUT2D eigenvalue weighted by molar-refractivity contribution is 7.95. The molecule has 0 fully saturated rings. The Balaban J connectivity index is 3.24. The fourth-order valence-electron chi connectivity index (χ4n) is 1.17. The Hall–Kier alpha value is -1.42. The van der Waals surface area contributed by atoms with Gasteiger partial charge in [0.15, 0.2) is 15.6 Å².